The van der Waals surface area contributed by atoms with Gasteiger partial charge in [-0.3, -0.25) is 14.5 Å². The minimum Gasteiger partial charge on any atom is -0.507 e. The molecule has 4 rings (SSSR count). The zero-order valence-electron chi connectivity index (χ0n) is 25.1. The molecule has 0 bridgehead atoms. The average Bonchev–Trinajstić information content (AvgIpc) is 3.26. The predicted octanol–water partition coefficient (Wildman–Crippen LogP) is 5.20. The van der Waals surface area contributed by atoms with Crippen molar-refractivity contribution in [3.05, 3.63) is 59.2 Å². The molecule has 1 N–H and O–H groups in total. The fourth-order valence-corrected chi connectivity index (χ4v) is 5.39. The number of rotatable bonds is 15. The van der Waals surface area contributed by atoms with Crippen LogP contribution in [0.4, 0.5) is 0 Å². The number of aliphatic hydroxyl groups excluding tert-OH is 1. The summed E-state index contributed by atoms with van der Waals surface area (Å²) < 4.78 is 22.9. The van der Waals surface area contributed by atoms with Crippen molar-refractivity contribution in [1.29, 1.82) is 0 Å². The number of likely N-dealkylation sites (tertiary alicyclic amines) is 1. The second kappa shape index (κ2) is 15.6. The van der Waals surface area contributed by atoms with E-state index in [0.29, 0.717) is 74.4 Å². The molecule has 9 nitrogen and oxygen atoms in total. The number of hydrogen-bond donors (Lipinski definition) is 1. The Balaban J connectivity index is 1.69. The lowest BCUT2D eigenvalue weighted by Gasteiger charge is -2.29. The zero-order valence-corrected chi connectivity index (χ0v) is 25.1. The second-order valence-corrected chi connectivity index (χ2v) is 10.5. The lowest BCUT2D eigenvalue weighted by molar-refractivity contribution is -0.140. The van der Waals surface area contributed by atoms with Gasteiger partial charge in [-0.25, -0.2) is 0 Å². The summed E-state index contributed by atoms with van der Waals surface area (Å²) in [7, 11) is 0. The molecule has 0 aromatic heterocycles. The summed E-state index contributed by atoms with van der Waals surface area (Å²) in [4.78, 5) is 30.8. The van der Waals surface area contributed by atoms with Gasteiger partial charge >= 0.3 is 0 Å². The molecule has 0 radical (unpaired) electrons. The van der Waals surface area contributed by atoms with Crippen LogP contribution in [-0.4, -0.2) is 85.8 Å². The Morgan fingerprint density at radius 3 is 2.31 bits per heavy atom. The molecule has 2 aromatic rings. The SMILES string of the molecule is CCCCCOc1ccc(C2C(=C(O)c3ccc(OCC)cc3)C(=O)C(=O)N2CCCN2CCOCC2)cc1OCC. The van der Waals surface area contributed by atoms with Crippen molar-refractivity contribution < 1.29 is 33.6 Å². The molecule has 2 heterocycles. The molecule has 2 fully saturated rings. The van der Waals surface area contributed by atoms with E-state index in [1.165, 1.54) is 0 Å². The molecular weight excluding hydrogens is 536 g/mol. The van der Waals surface area contributed by atoms with Crippen LogP contribution in [0, 0.1) is 0 Å². The van der Waals surface area contributed by atoms with Crippen LogP contribution in [0.25, 0.3) is 5.76 Å². The van der Waals surface area contributed by atoms with Crippen molar-refractivity contribution in [1.82, 2.24) is 9.80 Å². The van der Waals surface area contributed by atoms with Gasteiger partial charge in [0.2, 0.25) is 0 Å². The first-order chi connectivity index (χ1) is 20.5. The molecule has 2 aliphatic heterocycles. The minimum atomic E-state index is -0.769. The van der Waals surface area contributed by atoms with Crippen LogP contribution in [0.15, 0.2) is 48.0 Å². The number of carbonyl (C=O) groups is 2. The fraction of sp³-hybridized carbons (Fsp3) is 0.515. The number of Topliss-reactive ketones (excluding diaryl/α,β-unsaturated/α-hetero) is 1. The maximum atomic E-state index is 13.5. The summed E-state index contributed by atoms with van der Waals surface area (Å²) in [6.45, 7) is 11.7. The molecule has 228 valence electrons. The van der Waals surface area contributed by atoms with Gasteiger partial charge in [-0.05, 0) is 68.7 Å². The summed E-state index contributed by atoms with van der Waals surface area (Å²) in [6.07, 6.45) is 3.80. The molecule has 0 spiro atoms. The highest BCUT2D eigenvalue weighted by molar-refractivity contribution is 6.46. The number of nitrogens with zero attached hydrogens (tertiary/aromatic N) is 2. The number of ether oxygens (including phenoxy) is 4. The molecule has 0 aliphatic carbocycles. The standard InChI is InChI=1S/C33H44N2O7/c1-4-7-8-20-42-27-15-12-25(23-28(27)41-6-3)30-29(31(36)24-10-13-26(14-11-24)40-5-2)32(37)33(38)35(30)17-9-16-34-18-21-39-22-19-34/h10-15,23,30,36H,4-9,16-22H2,1-3H3. The Morgan fingerprint density at radius 2 is 1.62 bits per heavy atom. The number of aliphatic hydroxyl groups is 1. The van der Waals surface area contributed by atoms with Crippen LogP contribution in [-0.2, 0) is 14.3 Å². The van der Waals surface area contributed by atoms with Crippen LogP contribution in [0.1, 0.15) is 63.6 Å². The summed E-state index contributed by atoms with van der Waals surface area (Å²) in [5.74, 6) is 0.293. The second-order valence-electron chi connectivity index (χ2n) is 10.5. The van der Waals surface area contributed by atoms with E-state index < -0.39 is 17.7 Å². The topological polar surface area (TPSA) is 97.8 Å². The van der Waals surface area contributed by atoms with Crippen LogP contribution >= 0.6 is 0 Å². The lowest BCUT2D eigenvalue weighted by Crippen LogP contribution is -2.39. The zero-order chi connectivity index (χ0) is 29.9. The quantitative estimate of drug-likeness (QED) is 0.133. The van der Waals surface area contributed by atoms with E-state index in [-0.39, 0.29) is 11.3 Å². The van der Waals surface area contributed by atoms with Crippen molar-refractivity contribution in [2.24, 2.45) is 0 Å². The van der Waals surface area contributed by atoms with Crippen LogP contribution in [0.2, 0.25) is 0 Å². The number of hydrogen-bond acceptors (Lipinski definition) is 8. The Bertz CT molecular complexity index is 1220. The number of amides is 1. The lowest BCUT2D eigenvalue weighted by atomic mass is 9.95. The first-order valence-electron chi connectivity index (χ1n) is 15.2. The van der Waals surface area contributed by atoms with Gasteiger partial charge < -0.3 is 29.0 Å². The Kier molecular flexibility index (Phi) is 11.7. The molecule has 2 aromatic carbocycles. The van der Waals surface area contributed by atoms with Gasteiger partial charge in [0.15, 0.2) is 11.5 Å². The Hall–Kier alpha value is -3.56. The van der Waals surface area contributed by atoms with E-state index in [4.69, 9.17) is 18.9 Å². The van der Waals surface area contributed by atoms with Crippen LogP contribution in [0.5, 0.6) is 17.2 Å². The van der Waals surface area contributed by atoms with E-state index in [2.05, 4.69) is 11.8 Å². The van der Waals surface area contributed by atoms with Crippen molar-refractivity contribution in [3.63, 3.8) is 0 Å². The minimum absolute atomic E-state index is 0.0644. The van der Waals surface area contributed by atoms with Crippen molar-refractivity contribution in [2.75, 3.05) is 59.2 Å². The van der Waals surface area contributed by atoms with Crippen LogP contribution in [0.3, 0.4) is 0 Å². The van der Waals surface area contributed by atoms with E-state index >= 15 is 0 Å². The largest absolute Gasteiger partial charge is 0.507 e. The maximum absolute atomic E-state index is 13.5. The number of morpholine rings is 1. The summed E-state index contributed by atoms with van der Waals surface area (Å²) in [6, 6.07) is 11.6. The first-order valence-corrected chi connectivity index (χ1v) is 15.2. The molecule has 42 heavy (non-hydrogen) atoms. The number of benzene rings is 2. The van der Waals surface area contributed by atoms with E-state index in [1.807, 2.05) is 32.0 Å². The normalized spacial score (nSPS) is 18.8. The Labute approximate surface area is 249 Å². The molecule has 2 aliphatic rings. The van der Waals surface area contributed by atoms with Gasteiger partial charge in [-0.15, -0.1) is 0 Å². The number of carbonyl (C=O) groups excluding carboxylic acids is 2. The molecule has 0 saturated carbocycles. The third-order valence-corrected chi connectivity index (χ3v) is 7.54. The third kappa shape index (κ3) is 7.63. The monoisotopic (exact) mass is 580 g/mol. The average molecular weight is 581 g/mol. The van der Waals surface area contributed by atoms with Crippen molar-refractivity contribution in [3.8, 4) is 17.2 Å². The fourth-order valence-electron chi connectivity index (χ4n) is 5.39. The summed E-state index contributed by atoms with van der Waals surface area (Å²) in [5.41, 5.74) is 1.18. The van der Waals surface area contributed by atoms with E-state index in [1.54, 1.807) is 29.2 Å². The van der Waals surface area contributed by atoms with Gasteiger partial charge in [0.1, 0.15) is 11.5 Å². The van der Waals surface area contributed by atoms with Crippen LogP contribution < -0.4 is 14.2 Å². The highest BCUT2D eigenvalue weighted by Crippen LogP contribution is 2.42. The molecule has 1 unspecified atom stereocenters. The van der Waals surface area contributed by atoms with Gasteiger partial charge in [-0.1, -0.05) is 25.8 Å². The molecule has 1 amide bonds. The first kappa shape index (κ1) is 31.4. The predicted molar refractivity (Wildman–Crippen MR) is 161 cm³/mol. The Morgan fingerprint density at radius 1 is 0.881 bits per heavy atom. The third-order valence-electron chi connectivity index (χ3n) is 7.54. The van der Waals surface area contributed by atoms with Crippen molar-refractivity contribution in [2.45, 2.75) is 52.5 Å². The van der Waals surface area contributed by atoms with Crippen molar-refractivity contribution >= 4 is 17.4 Å². The van der Waals surface area contributed by atoms with Gasteiger partial charge in [0.25, 0.3) is 11.7 Å². The van der Waals surface area contributed by atoms with Gasteiger partial charge in [0.05, 0.1) is 44.6 Å². The van der Waals surface area contributed by atoms with Gasteiger partial charge in [-0.2, -0.15) is 0 Å². The number of unbranched alkanes of at least 4 members (excludes halogenated alkanes) is 2. The molecule has 1 atom stereocenters. The van der Waals surface area contributed by atoms with E-state index in [9.17, 15) is 14.7 Å². The molecule has 9 heteroatoms. The maximum Gasteiger partial charge on any atom is 0.295 e. The smallest absolute Gasteiger partial charge is 0.295 e. The molecule has 2 saturated heterocycles. The summed E-state index contributed by atoms with van der Waals surface area (Å²) in [5, 5.41) is 11.5. The highest BCUT2D eigenvalue weighted by atomic mass is 16.5. The van der Waals surface area contributed by atoms with E-state index in [0.717, 1.165) is 38.9 Å². The molecular formula is C33H44N2O7. The van der Waals surface area contributed by atoms with Gasteiger partial charge in [0, 0.05) is 31.7 Å². The highest BCUT2D eigenvalue weighted by Gasteiger charge is 2.46. The summed E-state index contributed by atoms with van der Waals surface area (Å²) >= 11 is 0. The number of ketones is 1.